The molecule has 3 aromatic rings. The van der Waals surface area contributed by atoms with Crippen LogP contribution >= 0.6 is 0 Å². The number of alkyl carbamates (subject to hydrolysis) is 1. The Morgan fingerprint density at radius 3 is 2.36 bits per heavy atom. The highest BCUT2D eigenvalue weighted by Gasteiger charge is 2.41. The molecule has 1 saturated carbocycles. The molecule has 0 spiro atoms. The van der Waals surface area contributed by atoms with Crippen LogP contribution in [0.4, 0.5) is 27.7 Å². The van der Waals surface area contributed by atoms with E-state index in [9.17, 15) is 14.9 Å². The molecule has 0 bridgehead atoms. The van der Waals surface area contributed by atoms with Crippen LogP contribution in [0.15, 0.2) is 60.7 Å². The summed E-state index contributed by atoms with van der Waals surface area (Å²) in [5, 5.41) is 18.1. The minimum Gasteiger partial charge on any atom is -0.444 e. The molecule has 11 nitrogen and oxygen atoms in total. The number of benzene rings is 2. The number of nitro groups is 1. The van der Waals surface area contributed by atoms with Gasteiger partial charge in [0.05, 0.1) is 35.4 Å². The largest absolute Gasteiger partial charge is 0.444 e. The first-order chi connectivity index (χ1) is 21.1. The third kappa shape index (κ3) is 6.48. The van der Waals surface area contributed by atoms with Crippen LogP contribution in [0, 0.1) is 10.1 Å². The normalized spacial score (nSPS) is 18.6. The van der Waals surface area contributed by atoms with Crippen molar-refractivity contribution in [2.75, 3.05) is 49.6 Å². The van der Waals surface area contributed by atoms with Gasteiger partial charge in [-0.1, -0.05) is 24.3 Å². The van der Waals surface area contributed by atoms with Crippen molar-refractivity contribution in [1.29, 1.82) is 0 Å². The molecule has 3 aliphatic rings. The van der Waals surface area contributed by atoms with Crippen molar-refractivity contribution in [3.63, 3.8) is 0 Å². The number of anilines is 3. The maximum absolute atomic E-state index is 12.5. The molecule has 2 aliphatic heterocycles. The van der Waals surface area contributed by atoms with E-state index < -0.39 is 22.2 Å². The first-order valence-electron chi connectivity index (χ1n) is 15.3. The smallest absolute Gasteiger partial charge is 0.408 e. The lowest BCUT2D eigenvalue weighted by Gasteiger charge is -2.43. The summed E-state index contributed by atoms with van der Waals surface area (Å²) in [6, 6.07) is 19.5. The van der Waals surface area contributed by atoms with Gasteiger partial charge in [-0.25, -0.2) is 9.78 Å². The molecule has 1 aromatic heterocycles. The second kappa shape index (κ2) is 12.0. The predicted octanol–water partition coefficient (Wildman–Crippen LogP) is 5.83. The molecular weight excluding hydrogens is 560 g/mol. The number of piperazine rings is 1. The lowest BCUT2D eigenvalue weighted by molar-refractivity contribution is -0.384. The molecule has 0 radical (unpaired) electrons. The van der Waals surface area contributed by atoms with Crippen LogP contribution < -0.4 is 15.5 Å². The van der Waals surface area contributed by atoms with E-state index >= 15 is 0 Å². The highest BCUT2D eigenvalue weighted by atomic mass is 16.6. The number of aromatic nitrogens is 1. The molecule has 3 heterocycles. The molecule has 3 fully saturated rings. The van der Waals surface area contributed by atoms with E-state index in [1.807, 2.05) is 57.2 Å². The van der Waals surface area contributed by atoms with E-state index in [4.69, 9.17) is 14.5 Å². The van der Waals surface area contributed by atoms with Crippen molar-refractivity contribution < 1.29 is 19.2 Å². The third-order valence-corrected chi connectivity index (χ3v) is 8.68. The third-order valence-electron chi connectivity index (χ3n) is 8.68. The molecule has 2 aromatic carbocycles. The summed E-state index contributed by atoms with van der Waals surface area (Å²) in [7, 11) is 0. The summed E-state index contributed by atoms with van der Waals surface area (Å²) in [6.45, 7) is 11.0. The van der Waals surface area contributed by atoms with Crippen molar-refractivity contribution in [2.24, 2.45) is 0 Å². The first-order valence-corrected chi connectivity index (χ1v) is 15.3. The highest BCUT2D eigenvalue weighted by Crippen LogP contribution is 2.42. The Labute approximate surface area is 257 Å². The van der Waals surface area contributed by atoms with E-state index in [0.29, 0.717) is 17.4 Å². The SMILES string of the molecule is CC(C)(C)OC(=O)NC1(c2ccc(Nc3nc(-c4cccc(N5CCN(C6COC6)CC5)c4)ccc3[N+](=O)[O-])cc2)CCC1. The van der Waals surface area contributed by atoms with Gasteiger partial charge in [0.2, 0.25) is 5.82 Å². The molecule has 2 saturated heterocycles. The number of carbonyl (C=O) groups is 1. The molecular formula is C33H40N6O5. The Morgan fingerprint density at radius 1 is 1.05 bits per heavy atom. The topological polar surface area (TPSA) is 122 Å². The second-order valence-electron chi connectivity index (χ2n) is 12.9. The van der Waals surface area contributed by atoms with Gasteiger partial charge in [0.25, 0.3) is 0 Å². The summed E-state index contributed by atoms with van der Waals surface area (Å²) in [5.74, 6) is 0.173. The van der Waals surface area contributed by atoms with Gasteiger partial charge in [-0.3, -0.25) is 15.0 Å². The standard InChI is InChI=1S/C33H40N6O5/c1-32(2,3)44-31(40)36-33(14-5-15-33)24-8-10-25(11-9-24)34-30-29(39(41)42)13-12-28(35-30)23-6-4-7-26(20-23)37-16-18-38(19-17-37)27-21-43-22-27/h4,6-13,20,27H,5,14-19,21-22H2,1-3H3,(H,34,35)(H,36,40). The summed E-state index contributed by atoms with van der Waals surface area (Å²) in [6.07, 6.45) is 2.20. The van der Waals surface area contributed by atoms with Gasteiger partial charge in [-0.05, 0) is 75.9 Å². The van der Waals surface area contributed by atoms with Crippen LogP contribution in [-0.2, 0) is 15.0 Å². The van der Waals surface area contributed by atoms with Crippen LogP contribution in [-0.4, -0.2) is 71.9 Å². The minimum absolute atomic E-state index is 0.105. The molecule has 11 heteroatoms. The summed E-state index contributed by atoms with van der Waals surface area (Å²) in [4.78, 5) is 33.6. The number of nitrogens with zero attached hydrogens (tertiary/aromatic N) is 4. The first kappa shape index (κ1) is 29.8. The van der Waals surface area contributed by atoms with Gasteiger partial charge in [-0.15, -0.1) is 0 Å². The maximum atomic E-state index is 12.5. The Balaban J connectivity index is 1.18. The summed E-state index contributed by atoms with van der Waals surface area (Å²) in [5.41, 5.74) is 3.12. The van der Waals surface area contributed by atoms with E-state index in [0.717, 1.165) is 75.5 Å². The van der Waals surface area contributed by atoms with Crippen LogP contribution in [0.3, 0.4) is 0 Å². The summed E-state index contributed by atoms with van der Waals surface area (Å²) < 4.78 is 10.9. The summed E-state index contributed by atoms with van der Waals surface area (Å²) >= 11 is 0. The molecule has 232 valence electrons. The van der Waals surface area contributed by atoms with E-state index in [-0.39, 0.29) is 11.5 Å². The number of carbonyl (C=O) groups excluding carboxylic acids is 1. The van der Waals surface area contributed by atoms with Gasteiger partial charge in [0, 0.05) is 49.2 Å². The van der Waals surface area contributed by atoms with Crippen molar-refractivity contribution in [2.45, 2.75) is 57.2 Å². The van der Waals surface area contributed by atoms with E-state index in [1.165, 1.54) is 6.07 Å². The van der Waals surface area contributed by atoms with Gasteiger partial charge in [-0.2, -0.15) is 0 Å². The van der Waals surface area contributed by atoms with Crippen molar-refractivity contribution >= 4 is 29.0 Å². The highest BCUT2D eigenvalue weighted by molar-refractivity contribution is 5.73. The number of pyridine rings is 1. The van der Waals surface area contributed by atoms with E-state index in [1.54, 1.807) is 6.07 Å². The number of ether oxygens (including phenoxy) is 2. The minimum atomic E-state index is -0.582. The van der Waals surface area contributed by atoms with Gasteiger partial charge < -0.3 is 25.0 Å². The van der Waals surface area contributed by atoms with Crippen molar-refractivity contribution in [3.05, 3.63) is 76.3 Å². The second-order valence-corrected chi connectivity index (χ2v) is 12.9. The van der Waals surface area contributed by atoms with Crippen molar-refractivity contribution in [3.8, 4) is 11.3 Å². The zero-order chi connectivity index (χ0) is 30.9. The maximum Gasteiger partial charge on any atom is 0.408 e. The zero-order valence-corrected chi connectivity index (χ0v) is 25.5. The Kier molecular flexibility index (Phi) is 8.17. The number of rotatable bonds is 8. The van der Waals surface area contributed by atoms with Crippen molar-refractivity contribution in [1.82, 2.24) is 15.2 Å². The fraction of sp³-hybridized carbons (Fsp3) is 0.455. The fourth-order valence-corrected chi connectivity index (χ4v) is 6.02. The monoisotopic (exact) mass is 600 g/mol. The molecule has 2 N–H and O–H groups in total. The van der Waals surface area contributed by atoms with Gasteiger partial charge >= 0.3 is 11.8 Å². The van der Waals surface area contributed by atoms with Gasteiger partial charge in [0.15, 0.2) is 0 Å². The fourth-order valence-electron chi connectivity index (χ4n) is 6.02. The van der Waals surface area contributed by atoms with Crippen LogP contribution in [0.25, 0.3) is 11.3 Å². The molecule has 6 rings (SSSR count). The molecule has 1 amide bonds. The van der Waals surface area contributed by atoms with Crippen LogP contribution in [0.1, 0.15) is 45.6 Å². The van der Waals surface area contributed by atoms with Crippen LogP contribution in [0.5, 0.6) is 0 Å². The van der Waals surface area contributed by atoms with Gasteiger partial charge in [0.1, 0.15) is 5.60 Å². The number of nitrogens with one attached hydrogen (secondary N) is 2. The lowest BCUT2D eigenvalue weighted by Crippen LogP contribution is -2.56. The average Bonchev–Trinajstić information content (AvgIpc) is 2.94. The molecule has 0 unspecified atom stereocenters. The Morgan fingerprint density at radius 2 is 1.77 bits per heavy atom. The zero-order valence-electron chi connectivity index (χ0n) is 25.5. The Bertz CT molecular complexity index is 1510. The molecule has 0 atom stereocenters. The average molecular weight is 601 g/mol. The predicted molar refractivity (Wildman–Crippen MR) is 169 cm³/mol. The number of amides is 1. The number of hydrogen-bond acceptors (Lipinski definition) is 9. The number of hydrogen-bond donors (Lipinski definition) is 2. The molecule has 44 heavy (non-hydrogen) atoms. The van der Waals surface area contributed by atoms with E-state index in [2.05, 4.69) is 32.6 Å². The Hall–Kier alpha value is -4.22. The lowest BCUT2D eigenvalue weighted by atomic mass is 9.72. The quantitative estimate of drug-likeness (QED) is 0.243. The van der Waals surface area contributed by atoms with Crippen LogP contribution in [0.2, 0.25) is 0 Å². The molecule has 1 aliphatic carbocycles.